The van der Waals surface area contributed by atoms with Gasteiger partial charge in [-0.2, -0.15) is 10.4 Å². The molecule has 3 rings (SSSR count). The van der Waals surface area contributed by atoms with E-state index < -0.39 is 0 Å². The summed E-state index contributed by atoms with van der Waals surface area (Å²) in [6.45, 7) is 2.54. The average Bonchev–Trinajstić information content (AvgIpc) is 2.94. The molecular formula is C18H18ClN5O. The number of hydrogen-bond donors (Lipinski definition) is 1. The van der Waals surface area contributed by atoms with Crippen LogP contribution >= 0.6 is 11.6 Å². The van der Waals surface area contributed by atoms with Gasteiger partial charge in [0.15, 0.2) is 0 Å². The van der Waals surface area contributed by atoms with Crippen LogP contribution in [0.2, 0.25) is 5.02 Å². The van der Waals surface area contributed by atoms with Gasteiger partial charge < -0.3 is 10.1 Å². The summed E-state index contributed by atoms with van der Waals surface area (Å²) >= 11 is 6.13. The zero-order valence-corrected chi connectivity index (χ0v) is 15.1. The average molecular weight is 356 g/mol. The smallest absolute Gasteiger partial charge is 0.216 e. The van der Waals surface area contributed by atoms with Gasteiger partial charge in [0.25, 0.3) is 0 Å². The van der Waals surface area contributed by atoms with Crippen molar-refractivity contribution in [1.29, 1.82) is 5.26 Å². The minimum atomic E-state index is 0.468. The normalized spacial score (nSPS) is 10.7. The van der Waals surface area contributed by atoms with Crippen molar-refractivity contribution in [2.75, 3.05) is 12.4 Å². The van der Waals surface area contributed by atoms with E-state index in [9.17, 15) is 5.26 Å². The molecule has 2 aromatic heterocycles. The quantitative estimate of drug-likeness (QED) is 0.755. The molecule has 7 heteroatoms. The molecule has 128 valence electrons. The number of fused-ring (bicyclic) bond motifs is 1. The highest BCUT2D eigenvalue weighted by atomic mass is 35.5. The number of halogens is 1. The molecule has 25 heavy (non-hydrogen) atoms. The predicted molar refractivity (Wildman–Crippen MR) is 97.9 cm³/mol. The number of methoxy groups -OCH3 is 1. The molecule has 0 fully saturated rings. The first kappa shape index (κ1) is 17.1. The van der Waals surface area contributed by atoms with E-state index in [0.29, 0.717) is 28.7 Å². The summed E-state index contributed by atoms with van der Waals surface area (Å²) in [5.41, 5.74) is 3.89. The number of pyridine rings is 1. The van der Waals surface area contributed by atoms with Crippen LogP contribution in [0.3, 0.4) is 0 Å². The van der Waals surface area contributed by atoms with Crippen molar-refractivity contribution in [2.45, 2.75) is 19.9 Å². The predicted octanol–water partition coefficient (Wildman–Crippen LogP) is 3.68. The molecule has 0 aliphatic heterocycles. The molecule has 6 nitrogen and oxygen atoms in total. The summed E-state index contributed by atoms with van der Waals surface area (Å²) in [5, 5.41) is 18.7. The number of ether oxygens (including phenoxy) is 1. The van der Waals surface area contributed by atoms with Gasteiger partial charge in [0, 0.05) is 30.2 Å². The summed E-state index contributed by atoms with van der Waals surface area (Å²) in [6.07, 6.45) is 2.36. The van der Waals surface area contributed by atoms with Crippen LogP contribution in [0.15, 0.2) is 24.4 Å². The molecule has 0 aliphatic carbocycles. The van der Waals surface area contributed by atoms with Crippen molar-refractivity contribution in [1.82, 2.24) is 14.8 Å². The summed E-state index contributed by atoms with van der Waals surface area (Å²) in [7, 11) is 3.48. The molecule has 0 bridgehead atoms. The van der Waals surface area contributed by atoms with Crippen LogP contribution in [0.25, 0.3) is 10.9 Å². The first-order chi connectivity index (χ1) is 12.1. The Morgan fingerprint density at radius 3 is 2.88 bits per heavy atom. The molecule has 1 aromatic carbocycles. The van der Waals surface area contributed by atoms with Crippen molar-refractivity contribution in [3.8, 4) is 11.9 Å². The lowest BCUT2D eigenvalue weighted by Crippen LogP contribution is -2.06. The van der Waals surface area contributed by atoms with E-state index in [1.807, 2.05) is 26.1 Å². The number of aryl methyl sites for hydroxylation is 2. The second kappa shape index (κ2) is 6.99. The van der Waals surface area contributed by atoms with Gasteiger partial charge in [0.05, 0.1) is 35.1 Å². The summed E-state index contributed by atoms with van der Waals surface area (Å²) in [4.78, 5) is 4.32. The number of anilines is 1. The van der Waals surface area contributed by atoms with Crippen molar-refractivity contribution >= 4 is 28.2 Å². The fraction of sp³-hybridized carbons (Fsp3) is 0.278. The maximum Gasteiger partial charge on any atom is 0.216 e. The Labute approximate surface area is 151 Å². The number of aromatic nitrogens is 3. The first-order valence-electron chi connectivity index (χ1n) is 7.90. The fourth-order valence-electron chi connectivity index (χ4n) is 2.94. The lowest BCUT2D eigenvalue weighted by Gasteiger charge is -2.12. The number of nitriles is 1. The molecule has 0 atom stereocenters. The van der Waals surface area contributed by atoms with E-state index >= 15 is 0 Å². The van der Waals surface area contributed by atoms with Gasteiger partial charge in [-0.3, -0.25) is 4.98 Å². The molecule has 0 aliphatic rings. The number of rotatable bonds is 5. The van der Waals surface area contributed by atoms with E-state index in [2.05, 4.69) is 21.5 Å². The minimum absolute atomic E-state index is 0.468. The van der Waals surface area contributed by atoms with Crippen LogP contribution in [0.1, 0.15) is 23.7 Å². The van der Waals surface area contributed by atoms with Crippen LogP contribution in [0, 0.1) is 11.3 Å². The van der Waals surface area contributed by atoms with Crippen LogP contribution in [-0.4, -0.2) is 21.9 Å². The maximum absolute atomic E-state index is 9.45. The summed E-state index contributed by atoms with van der Waals surface area (Å²) in [6, 6.07) is 7.62. The zero-order valence-electron chi connectivity index (χ0n) is 14.3. The largest absolute Gasteiger partial charge is 0.481 e. The topological polar surface area (TPSA) is 75.8 Å². The van der Waals surface area contributed by atoms with E-state index in [-0.39, 0.29) is 0 Å². The Morgan fingerprint density at radius 1 is 1.40 bits per heavy atom. The van der Waals surface area contributed by atoms with Gasteiger partial charge in [-0.05, 0) is 24.6 Å². The standard InChI is InChI=1S/C18H18ClN5O/c1-4-15-14(18(25-3)24(2)23-15)10-22-17-11(8-20)9-21-16-6-5-12(19)7-13(16)17/h5-7,9H,4,10H2,1-3H3,(H,21,22). The molecule has 1 N–H and O–H groups in total. The highest BCUT2D eigenvalue weighted by molar-refractivity contribution is 6.31. The van der Waals surface area contributed by atoms with Crippen LogP contribution in [0.5, 0.6) is 5.88 Å². The van der Waals surface area contributed by atoms with Crippen LogP contribution in [0.4, 0.5) is 5.69 Å². The van der Waals surface area contributed by atoms with E-state index in [1.54, 1.807) is 24.1 Å². The van der Waals surface area contributed by atoms with Crippen molar-refractivity contribution in [3.05, 3.63) is 46.2 Å². The third-order valence-corrected chi connectivity index (χ3v) is 4.33. The number of nitrogens with one attached hydrogen (secondary N) is 1. The van der Waals surface area contributed by atoms with Crippen molar-refractivity contribution in [2.24, 2.45) is 7.05 Å². The number of benzene rings is 1. The van der Waals surface area contributed by atoms with Gasteiger partial charge in [-0.25, -0.2) is 4.68 Å². The van der Waals surface area contributed by atoms with Gasteiger partial charge >= 0.3 is 0 Å². The Hall–Kier alpha value is -2.78. The van der Waals surface area contributed by atoms with Gasteiger partial charge in [-0.15, -0.1) is 0 Å². The Balaban J connectivity index is 2.05. The van der Waals surface area contributed by atoms with E-state index in [4.69, 9.17) is 16.3 Å². The molecule has 2 heterocycles. The Kier molecular flexibility index (Phi) is 4.77. The molecule has 0 radical (unpaired) electrons. The minimum Gasteiger partial charge on any atom is -0.481 e. The Bertz CT molecular complexity index is 974. The summed E-state index contributed by atoms with van der Waals surface area (Å²) < 4.78 is 7.20. The maximum atomic E-state index is 9.45. The lowest BCUT2D eigenvalue weighted by atomic mass is 10.1. The number of hydrogen-bond acceptors (Lipinski definition) is 5. The monoisotopic (exact) mass is 355 g/mol. The first-order valence-corrected chi connectivity index (χ1v) is 8.27. The molecular weight excluding hydrogens is 338 g/mol. The van der Waals surface area contributed by atoms with Crippen molar-refractivity contribution < 1.29 is 4.74 Å². The lowest BCUT2D eigenvalue weighted by molar-refractivity contribution is 0.370. The molecule has 0 amide bonds. The highest BCUT2D eigenvalue weighted by Crippen LogP contribution is 2.30. The van der Waals surface area contributed by atoms with Crippen molar-refractivity contribution in [3.63, 3.8) is 0 Å². The fourth-order valence-corrected chi connectivity index (χ4v) is 3.11. The zero-order chi connectivity index (χ0) is 18.0. The molecule has 0 saturated heterocycles. The van der Waals surface area contributed by atoms with Crippen LogP contribution < -0.4 is 10.1 Å². The molecule has 0 unspecified atom stereocenters. The van der Waals surface area contributed by atoms with E-state index in [0.717, 1.165) is 28.6 Å². The van der Waals surface area contributed by atoms with Crippen LogP contribution in [-0.2, 0) is 20.0 Å². The Morgan fingerprint density at radius 2 is 2.20 bits per heavy atom. The third-order valence-electron chi connectivity index (χ3n) is 4.09. The van der Waals surface area contributed by atoms with E-state index in [1.165, 1.54) is 0 Å². The second-order valence-electron chi connectivity index (χ2n) is 5.59. The van der Waals surface area contributed by atoms with Gasteiger partial charge in [0.1, 0.15) is 6.07 Å². The number of nitrogens with zero attached hydrogens (tertiary/aromatic N) is 4. The van der Waals surface area contributed by atoms with Gasteiger partial charge in [0.2, 0.25) is 5.88 Å². The molecule has 0 spiro atoms. The molecule has 0 saturated carbocycles. The SMILES string of the molecule is CCc1nn(C)c(OC)c1CNc1c(C#N)cnc2ccc(Cl)cc12. The summed E-state index contributed by atoms with van der Waals surface area (Å²) in [5.74, 6) is 0.708. The third kappa shape index (κ3) is 3.11. The highest BCUT2D eigenvalue weighted by Gasteiger charge is 2.17. The second-order valence-corrected chi connectivity index (χ2v) is 6.02. The molecule has 3 aromatic rings. The van der Waals surface area contributed by atoms with Gasteiger partial charge in [-0.1, -0.05) is 18.5 Å².